The molecule has 0 radical (unpaired) electrons. The molecular weight excluding hydrogens is 312 g/mol. The summed E-state index contributed by atoms with van der Waals surface area (Å²) in [4.78, 5) is 0. The summed E-state index contributed by atoms with van der Waals surface area (Å²) in [6, 6.07) is 7.47. The average Bonchev–Trinajstić information content (AvgIpc) is 2.56. The second-order valence-corrected chi connectivity index (χ2v) is 4.43. The Balaban J connectivity index is 2.55. The molecule has 0 fully saturated rings. The minimum absolute atomic E-state index is 0.486. The Morgan fingerprint density at radius 1 is 1.36 bits per heavy atom. The third kappa shape index (κ3) is 1.85. The summed E-state index contributed by atoms with van der Waals surface area (Å²) in [5.41, 5.74) is 6.37. The topological polar surface area (TPSA) is 43.8 Å². The van der Waals surface area contributed by atoms with E-state index in [1.807, 2.05) is 18.2 Å². The molecule has 0 saturated heterocycles. The van der Waals surface area contributed by atoms with Crippen molar-refractivity contribution in [2.75, 3.05) is 5.73 Å². The third-order valence-corrected chi connectivity index (χ3v) is 2.76. The number of nitrogens with zero attached hydrogens (tertiary/aromatic N) is 2. The van der Waals surface area contributed by atoms with Gasteiger partial charge in [0, 0.05) is 15.8 Å². The van der Waals surface area contributed by atoms with Crippen LogP contribution in [-0.4, -0.2) is 9.78 Å². The van der Waals surface area contributed by atoms with Crippen LogP contribution in [0.25, 0.3) is 5.69 Å². The van der Waals surface area contributed by atoms with Crippen molar-refractivity contribution in [3.8, 4) is 5.69 Å². The first-order valence-electron chi connectivity index (χ1n) is 3.93. The van der Waals surface area contributed by atoms with Crippen molar-refractivity contribution in [1.29, 1.82) is 0 Å². The Hall–Kier alpha value is -0.750. The maximum atomic E-state index is 6.04. The molecule has 0 saturated carbocycles. The van der Waals surface area contributed by atoms with Crippen molar-refractivity contribution in [2.24, 2.45) is 0 Å². The van der Waals surface area contributed by atoms with Gasteiger partial charge in [-0.05, 0) is 40.8 Å². The van der Waals surface area contributed by atoms with E-state index in [1.165, 1.54) is 0 Å². The first-order valence-corrected chi connectivity index (χ1v) is 5.39. The van der Waals surface area contributed by atoms with E-state index in [1.54, 1.807) is 16.9 Å². The van der Waals surface area contributed by atoms with E-state index >= 15 is 0 Å². The molecule has 0 spiro atoms. The lowest BCUT2D eigenvalue weighted by atomic mass is 10.3. The summed E-state index contributed by atoms with van der Waals surface area (Å²) < 4.78 is 2.77. The summed E-state index contributed by atoms with van der Waals surface area (Å²) in [6.07, 6.45) is 1.78. The van der Waals surface area contributed by atoms with Crippen LogP contribution in [0.15, 0.2) is 30.5 Å². The molecule has 0 aliphatic heterocycles. The van der Waals surface area contributed by atoms with E-state index in [9.17, 15) is 0 Å². The Kier molecular flexibility index (Phi) is 2.64. The van der Waals surface area contributed by atoms with E-state index in [0.717, 1.165) is 9.26 Å². The lowest BCUT2D eigenvalue weighted by molar-refractivity contribution is 0.885. The van der Waals surface area contributed by atoms with Crippen molar-refractivity contribution in [1.82, 2.24) is 9.78 Å². The van der Waals surface area contributed by atoms with Gasteiger partial charge < -0.3 is 5.73 Å². The van der Waals surface area contributed by atoms with Crippen molar-refractivity contribution in [2.45, 2.75) is 0 Å². The highest BCUT2D eigenvalue weighted by atomic mass is 127. The fraction of sp³-hybridized carbons (Fsp3) is 0. The first kappa shape index (κ1) is 9.79. The van der Waals surface area contributed by atoms with Crippen LogP contribution < -0.4 is 5.73 Å². The van der Waals surface area contributed by atoms with Crippen LogP contribution >= 0.6 is 34.2 Å². The SMILES string of the molecule is Nc1ccn(-c2cc(I)ccc2Cl)n1. The maximum absolute atomic E-state index is 6.04. The van der Waals surface area contributed by atoms with Crippen molar-refractivity contribution >= 4 is 40.0 Å². The number of anilines is 1. The molecule has 0 unspecified atom stereocenters. The molecule has 3 nitrogen and oxygen atoms in total. The fourth-order valence-corrected chi connectivity index (χ4v) is 1.81. The van der Waals surface area contributed by atoms with Gasteiger partial charge in [-0.2, -0.15) is 5.10 Å². The zero-order chi connectivity index (χ0) is 10.1. The number of rotatable bonds is 1. The summed E-state index contributed by atoms with van der Waals surface area (Å²) in [5, 5.41) is 4.75. The van der Waals surface area contributed by atoms with Gasteiger partial charge in [0.05, 0.1) is 10.7 Å². The van der Waals surface area contributed by atoms with Gasteiger partial charge in [0.2, 0.25) is 0 Å². The predicted molar refractivity (Wildman–Crippen MR) is 65.7 cm³/mol. The van der Waals surface area contributed by atoms with Gasteiger partial charge in [0.25, 0.3) is 0 Å². The normalized spacial score (nSPS) is 10.4. The molecule has 1 heterocycles. The zero-order valence-corrected chi connectivity index (χ0v) is 10.0. The molecular formula is C9H7ClIN3. The van der Waals surface area contributed by atoms with Crippen LogP contribution in [0.1, 0.15) is 0 Å². The lowest BCUT2D eigenvalue weighted by Crippen LogP contribution is -1.97. The molecule has 72 valence electrons. The van der Waals surface area contributed by atoms with E-state index in [4.69, 9.17) is 17.3 Å². The summed E-state index contributed by atoms with van der Waals surface area (Å²) >= 11 is 8.26. The number of nitrogen functional groups attached to an aromatic ring is 1. The second-order valence-electron chi connectivity index (χ2n) is 2.78. The molecule has 14 heavy (non-hydrogen) atoms. The van der Waals surface area contributed by atoms with Gasteiger partial charge in [-0.3, -0.25) is 0 Å². The number of aromatic nitrogens is 2. The van der Waals surface area contributed by atoms with Crippen LogP contribution in [0, 0.1) is 3.57 Å². The molecule has 0 atom stereocenters. The highest BCUT2D eigenvalue weighted by molar-refractivity contribution is 14.1. The van der Waals surface area contributed by atoms with Gasteiger partial charge in [-0.15, -0.1) is 0 Å². The standard InChI is InChI=1S/C9H7ClIN3/c10-7-2-1-6(11)5-8(7)14-4-3-9(12)13-14/h1-5H,(H2,12,13). The number of nitrogens with two attached hydrogens (primary N) is 1. The number of hydrogen-bond donors (Lipinski definition) is 1. The molecule has 0 aliphatic rings. The van der Waals surface area contributed by atoms with Crippen molar-refractivity contribution < 1.29 is 0 Å². The van der Waals surface area contributed by atoms with E-state index in [0.29, 0.717) is 10.8 Å². The quantitative estimate of drug-likeness (QED) is 0.821. The minimum atomic E-state index is 0.486. The molecule has 1 aromatic heterocycles. The fourth-order valence-electron chi connectivity index (χ4n) is 1.13. The summed E-state index contributed by atoms with van der Waals surface area (Å²) in [5.74, 6) is 0.486. The van der Waals surface area contributed by atoms with Crippen LogP contribution in [0.4, 0.5) is 5.82 Å². The molecule has 2 rings (SSSR count). The Morgan fingerprint density at radius 3 is 2.79 bits per heavy atom. The number of hydrogen-bond acceptors (Lipinski definition) is 2. The molecule has 0 bridgehead atoms. The van der Waals surface area contributed by atoms with Crippen LogP contribution in [0.3, 0.4) is 0 Å². The van der Waals surface area contributed by atoms with E-state index < -0.39 is 0 Å². The molecule has 0 aliphatic carbocycles. The number of benzene rings is 1. The Bertz CT molecular complexity index is 467. The van der Waals surface area contributed by atoms with Gasteiger partial charge >= 0.3 is 0 Å². The highest BCUT2D eigenvalue weighted by Gasteiger charge is 2.04. The van der Waals surface area contributed by atoms with Gasteiger partial charge in [0.1, 0.15) is 5.82 Å². The summed E-state index contributed by atoms with van der Waals surface area (Å²) in [6.45, 7) is 0. The van der Waals surface area contributed by atoms with Gasteiger partial charge in [-0.1, -0.05) is 11.6 Å². The monoisotopic (exact) mass is 319 g/mol. The van der Waals surface area contributed by atoms with Gasteiger partial charge in [0.15, 0.2) is 0 Å². The molecule has 1 aromatic carbocycles. The minimum Gasteiger partial charge on any atom is -0.382 e. The second kappa shape index (κ2) is 3.78. The molecule has 2 aromatic rings. The van der Waals surface area contributed by atoms with Crippen molar-refractivity contribution in [3.05, 3.63) is 39.1 Å². The van der Waals surface area contributed by atoms with E-state index in [2.05, 4.69) is 27.7 Å². The summed E-state index contributed by atoms with van der Waals surface area (Å²) in [7, 11) is 0. The molecule has 0 amide bonds. The first-order chi connectivity index (χ1) is 6.66. The maximum Gasteiger partial charge on any atom is 0.145 e. The molecule has 5 heteroatoms. The largest absolute Gasteiger partial charge is 0.382 e. The van der Waals surface area contributed by atoms with Crippen LogP contribution in [-0.2, 0) is 0 Å². The Labute approximate surface area is 100 Å². The predicted octanol–water partition coefficient (Wildman–Crippen LogP) is 2.71. The van der Waals surface area contributed by atoms with Crippen molar-refractivity contribution in [3.63, 3.8) is 0 Å². The third-order valence-electron chi connectivity index (χ3n) is 1.76. The van der Waals surface area contributed by atoms with Crippen LogP contribution in [0.5, 0.6) is 0 Å². The smallest absolute Gasteiger partial charge is 0.145 e. The number of halogens is 2. The zero-order valence-electron chi connectivity index (χ0n) is 7.11. The lowest BCUT2D eigenvalue weighted by Gasteiger charge is -2.04. The van der Waals surface area contributed by atoms with Crippen LogP contribution in [0.2, 0.25) is 5.02 Å². The highest BCUT2D eigenvalue weighted by Crippen LogP contribution is 2.22. The Morgan fingerprint density at radius 2 is 2.14 bits per heavy atom. The van der Waals surface area contributed by atoms with Gasteiger partial charge in [-0.25, -0.2) is 4.68 Å². The average molecular weight is 320 g/mol. The van der Waals surface area contributed by atoms with E-state index in [-0.39, 0.29) is 0 Å². The molecule has 2 N–H and O–H groups in total.